The fourth-order valence-electron chi connectivity index (χ4n) is 2.63. The minimum Gasteiger partial charge on any atom is -0.292 e. The molecule has 0 atom stereocenters. The summed E-state index contributed by atoms with van der Waals surface area (Å²) in [6.45, 7) is 0.944. The van der Waals surface area contributed by atoms with E-state index in [0.717, 1.165) is 24.5 Å². The maximum Gasteiger partial charge on any atom is 0.416 e. The van der Waals surface area contributed by atoms with Gasteiger partial charge in [0.2, 0.25) is 0 Å². The summed E-state index contributed by atoms with van der Waals surface area (Å²) < 4.78 is 39.3. The van der Waals surface area contributed by atoms with Crippen LogP contribution in [0.2, 0.25) is 0 Å². The standard InChI is InChI=1S/C17H17F3N2/c18-17(19,20)16-6-2-1-5-14(16)12-22(15-7-8-15)11-13-4-3-9-21-10-13/h1-6,9-10,15H,7-8,11-12H2. The average Bonchev–Trinajstić information content (AvgIpc) is 3.32. The Kier molecular flexibility index (Phi) is 4.16. The predicted molar refractivity (Wildman–Crippen MR) is 78.0 cm³/mol. The van der Waals surface area contributed by atoms with E-state index in [-0.39, 0.29) is 0 Å². The third-order valence-electron chi connectivity index (χ3n) is 3.87. The largest absolute Gasteiger partial charge is 0.416 e. The van der Waals surface area contributed by atoms with E-state index in [9.17, 15) is 13.2 Å². The molecule has 1 aliphatic rings. The van der Waals surface area contributed by atoms with Crippen molar-refractivity contribution in [1.29, 1.82) is 0 Å². The lowest BCUT2D eigenvalue weighted by Gasteiger charge is -2.24. The lowest BCUT2D eigenvalue weighted by Crippen LogP contribution is -2.26. The quantitative estimate of drug-likeness (QED) is 0.820. The third kappa shape index (κ3) is 3.65. The van der Waals surface area contributed by atoms with Gasteiger partial charge in [0, 0.05) is 31.5 Å². The number of halogens is 3. The molecule has 5 heteroatoms. The van der Waals surface area contributed by atoms with Gasteiger partial charge in [0.1, 0.15) is 0 Å². The molecule has 1 heterocycles. The molecule has 3 rings (SSSR count). The summed E-state index contributed by atoms with van der Waals surface area (Å²) in [7, 11) is 0. The molecule has 0 spiro atoms. The third-order valence-corrected chi connectivity index (χ3v) is 3.87. The highest BCUT2D eigenvalue weighted by Crippen LogP contribution is 2.35. The van der Waals surface area contributed by atoms with E-state index in [4.69, 9.17) is 0 Å². The lowest BCUT2D eigenvalue weighted by molar-refractivity contribution is -0.138. The molecule has 1 aromatic heterocycles. The second-order valence-corrected chi connectivity index (χ2v) is 5.65. The summed E-state index contributed by atoms with van der Waals surface area (Å²) >= 11 is 0. The van der Waals surface area contributed by atoms with E-state index in [1.807, 2.05) is 12.1 Å². The highest BCUT2D eigenvalue weighted by Gasteiger charge is 2.35. The molecule has 22 heavy (non-hydrogen) atoms. The Morgan fingerprint density at radius 3 is 2.45 bits per heavy atom. The molecular weight excluding hydrogens is 289 g/mol. The molecule has 1 aliphatic carbocycles. The first-order valence-corrected chi connectivity index (χ1v) is 7.32. The van der Waals surface area contributed by atoms with Crippen LogP contribution in [0.1, 0.15) is 29.5 Å². The topological polar surface area (TPSA) is 16.1 Å². The Morgan fingerprint density at radius 2 is 1.82 bits per heavy atom. The fourth-order valence-corrected chi connectivity index (χ4v) is 2.63. The SMILES string of the molecule is FC(F)(F)c1ccccc1CN(Cc1cccnc1)C1CC1. The molecule has 116 valence electrons. The van der Waals surface area contributed by atoms with Crippen molar-refractivity contribution in [3.05, 3.63) is 65.5 Å². The monoisotopic (exact) mass is 306 g/mol. The minimum absolute atomic E-state index is 0.315. The Hall–Kier alpha value is -1.88. The number of alkyl halides is 3. The van der Waals surface area contributed by atoms with Crippen LogP contribution in [-0.2, 0) is 19.3 Å². The van der Waals surface area contributed by atoms with Crippen molar-refractivity contribution >= 4 is 0 Å². The first-order valence-electron chi connectivity index (χ1n) is 7.32. The van der Waals surface area contributed by atoms with E-state index in [0.29, 0.717) is 24.7 Å². The van der Waals surface area contributed by atoms with Crippen molar-refractivity contribution < 1.29 is 13.2 Å². The van der Waals surface area contributed by atoms with E-state index in [2.05, 4.69) is 9.88 Å². The van der Waals surface area contributed by atoms with Crippen LogP contribution < -0.4 is 0 Å². The summed E-state index contributed by atoms with van der Waals surface area (Å²) in [5.41, 5.74) is 0.830. The molecule has 0 saturated heterocycles. The van der Waals surface area contributed by atoms with Crippen LogP contribution in [0.5, 0.6) is 0 Å². The molecule has 0 radical (unpaired) electrons. The summed E-state index contributed by atoms with van der Waals surface area (Å²) in [5, 5.41) is 0. The molecular formula is C17H17F3N2. The molecule has 0 unspecified atom stereocenters. The molecule has 1 aromatic carbocycles. The summed E-state index contributed by atoms with van der Waals surface area (Å²) in [6, 6.07) is 10.0. The van der Waals surface area contributed by atoms with Crippen molar-refractivity contribution in [2.75, 3.05) is 0 Å². The Morgan fingerprint density at radius 1 is 1.05 bits per heavy atom. The van der Waals surface area contributed by atoms with Gasteiger partial charge in [0.05, 0.1) is 5.56 Å². The number of rotatable bonds is 5. The van der Waals surface area contributed by atoms with E-state index in [1.165, 1.54) is 6.07 Å². The molecule has 2 aromatic rings. The fraction of sp³-hybridized carbons (Fsp3) is 0.353. The Labute approximate surface area is 127 Å². The minimum atomic E-state index is -4.31. The highest BCUT2D eigenvalue weighted by molar-refractivity contribution is 5.30. The van der Waals surface area contributed by atoms with Crippen molar-refractivity contribution in [3.8, 4) is 0 Å². The zero-order valence-corrected chi connectivity index (χ0v) is 12.1. The lowest BCUT2D eigenvalue weighted by atomic mass is 10.1. The molecule has 0 bridgehead atoms. The highest BCUT2D eigenvalue weighted by atomic mass is 19.4. The second kappa shape index (κ2) is 6.08. The predicted octanol–water partition coefficient (Wildman–Crippen LogP) is 4.27. The van der Waals surface area contributed by atoms with Crippen molar-refractivity contribution in [2.45, 2.75) is 38.1 Å². The molecule has 0 N–H and O–H groups in total. The number of pyridine rings is 1. The number of hydrogen-bond donors (Lipinski definition) is 0. The van der Waals surface area contributed by atoms with Gasteiger partial charge in [-0.25, -0.2) is 0 Å². The smallest absolute Gasteiger partial charge is 0.292 e. The Bertz CT molecular complexity index is 621. The van der Waals surface area contributed by atoms with Gasteiger partial charge in [-0.1, -0.05) is 24.3 Å². The summed E-state index contributed by atoms with van der Waals surface area (Å²) in [4.78, 5) is 6.19. The first-order chi connectivity index (χ1) is 10.5. The van der Waals surface area contributed by atoms with Gasteiger partial charge in [0.25, 0.3) is 0 Å². The van der Waals surface area contributed by atoms with Gasteiger partial charge in [-0.05, 0) is 36.1 Å². The van der Waals surface area contributed by atoms with Crippen LogP contribution in [0.3, 0.4) is 0 Å². The van der Waals surface area contributed by atoms with Gasteiger partial charge < -0.3 is 0 Å². The van der Waals surface area contributed by atoms with Crippen LogP contribution >= 0.6 is 0 Å². The van der Waals surface area contributed by atoms with Gasteiger partial charge >= 0.3 is 6.18 Å². The maximum absolute atomic E-state index is 13.1. The average molecular weight is 306 g/mol. The molecule has 0 aliphatic heterocycles. The maximum atomic E-state index is 13.1. The van der Waals surface area contributed by atoms with Crippen LogP contribution in [0.4, 0.5) is 13.2 Å². The molecule has 1 saturated carbocycles. The van der Waals surface area contributed by atoms with Crippen molar-refractivity contribution in [2.24, 2.45) is 0 Å². The van der Waals surface area contributed by atoms with Crippen LogP contribution in [-0.4, -0.2) is 15.9 Å². The number of nitrogens with zero attached hydrogens (tertiary/aromatic N) is 2. The van der Waals surface area contributed by atoms with E-state index in [1.54, 1.807) is 24.5 Å². The molecule has 0 amide bonds. The molecule has 2 nitrogen and oxygen atoms in total. The number of aromatic nitrogens is 1. The van der Waals surface area contributed by atoms with Crippen LogP contribution in [0, 0.1) is 0 Å². The van der Waals surface area contributed by atoms with Crippen LogP contribution in [0.15, 0.2) is 48.8 Å². The second-order valence-electron chi connectivity index (χ2n) is 5.65. The van der Waals surface area contributed by atoms with Gasteiger partial charge in [-0.2, -0.15) is 13.2 Å². The zero-order valence-electron chi connectivity index (χ0n) is 12.1. The summed E-state index contributed by atoms with van der Waals surface area (Å²) in [6.07, 6.45) is 1.26. The van der Waals surface area contributed by atoms with Gasteiger partial charge in [0.15, 0.2) is 0 Å². The van der Waals surface area contributed by atoms with Gasteiger partial charge in [-0.3, -0.25) is 9.88 Å². The van der Waals surface area contributed by atoms with Crippen molar-refractivity contribution in [3.63, 3.8) is 0 Å². The summed E-state index contributed by atoms with van der Waals surface area (Å²) in [5.74, 6) is 0. The zero-order chi connectivity index (χ0) is 15.6. The normalized spacial score (nSPS) is 15.3. The van der Waals surface area contributed by atoms with Gasteiger partial charge in [-0.15, -0.1) is 0 Å². The van der Waals surface area contributed by atoms with Crippen molar-refractivity contribution in [1.82, 2.24) is 9.88 Å². The van der Waals surface area contributed by atoms with E-state index < -0.39 is 11.7 Å². The van der Waals surface area contributed by atoms with E-state index >= 15 is 0 Å². The molecule has 1 fully saturated rings. The first kappa shape index (κ1) is 15.0. The number of benzene rings is 1. The Balaban J connectivity index is 1.80. The number of hydrogen-bond acceptors (Lipinski definition) is 2. The van der Waals surface area contributed by atoms with Crippen LogP contribution in [0.25, 0.3) is 0 Å².